The first-order chi connectivity index (χ1) is 13.1. The lowest BCUT2D eigenvalue weighted by molar-refractivity contribution is 0.0955. The molecule has 1 amide bonds. The van der Waals surface area contributed by atoms with E-state index in [1.54, 1.807) is 17.8 Å². The monoisotopic (exact) mass is 367 g/mol. The van der Waals surface area contributed by atoms with Gasteiger partial charge in [0.2, 0.25) is 0 Å². The van der Waals surface area contributed by atoms with E-state index in [1.165, 1.54) is 0 Å². The first-order valence-electron chi connectivity index (χ1n) is 9.14. The summed E-state index contributed by atoms with van der Waals surface area (Å²) in [6.07, 6.45) is 5.15. The van der Waals surface area contributed by atoms with Crippen LogP contribution in [0.3, 0.4) is 0 Å². The number of benzene rings is 1. The fraction of sp³-hybridized carbons (Fsp3) is 0.333. The molecule has 0 bridgehead atoms. The molecule has 2 aromatic heterocycles. The van der Waals surface area contributed by atoms with Crippen LogP contribution in [0, 0.1) is 6.92 Å². The number of carbonyl (C=O) groups is 1. The number of nitrogens with zero attached hydrogens (tertiary/aromatic N) is 2. The van der Waals surface area contributed by atoms with Crippen molar-refractivity contribution in [3.05, 3.63) is 59.4 Å². The third-order valence-electron chi connectivity index (χ3n) is 4.30. The number of aromatic nitrogens is 2. The van der Waals surface area contributed by atoms with Gasteiger partial charge < -0.3 is 14.8 Å². The number of pyridine rings is 1. The van der Waals surface area contributed by atoms with E-state index in [9.17, 15) is 4.79 Å². The summed E-state index contributed by atoms with van der Waals surface area (Å²) in [5, 5.41) is 7.21. The number of carbonyl (C=O) groups excluding carboxylic acids is 1. The van der Waals surface area contributed by atoms with Gasteiger partial charge in [-0.25, -0.2) is 4.52 Å². The number of methoxy groups -OCH3 is 1. The van der Waals surface area contributed by atoms with E-state index in [2.05, 4.69) is 17.3 Å². The quantitative estimate of drug-likeness (QED) is 0.663. The highest BCUT2D eigenvalue weighted by Crippen LogP contribution is 2.28. The van der Waals surface area contributed by atoms with Crippen molar-refractivity contribution in [3.8, 4) is 11.5 Å². The minimum Gasteiger partial charge on any atom is -0.493 e. The topological polar surface area (TPSA) is 64.9 Å². The van der Waals surface area contributed by atoms with Gasteiger partial charge in [-0.1, -0.05) is 19.1 Å². The molecule has 0 radical (unpaired) electrons. The van der Waals surface area contributed by atoms with Gasteiger partial charge in [0.25, 0.3) is 5.91 Å². The summed E-state index contributed by atoms with van der Waals surface area (Å²) in [6.45, 7) is 5.24. The molecular formula is C21H25N3O3. The van der Waals surface area contributed by atoms with E-state index < -0.39 is 0 Å². The Bertz CT molecular complexity index is 934. The van der Waals surface area contributed by atoms with Crippen molar-refractivity contribution in [2.24, 2.45) is 0 Å². The average Bonchev–Trinajstić information content (AvgIpc) is 3.09. The van der Waals surface area contributed by atoms with E-state index in [0.717, 1.165) is 28.8 Å². The summed E-state index contributed by atoms with van der Waals surface area (Å²) < 4.78 is 12.8. The van der Waals surface area contributed by atoms with E-state index in [1.807, 2.05) is 43.5 Å². The second kappa shape index (κ2) is 8.58. The highest BCUT2D eigenvalue weighted by Gasteiger charge is 2.12. The second-order valence-electron chi connectivity index (χ2n) is 6.43. The Labute approximate surface area is 159 Å². The number of hydrogen-bond acceptors (Lipinski definition) is 4. The van der Waals surface area contributed by atoms with Crippen molar-refractivity contribution in [2.45, 2.75) is 26.7 Å². The van der Waals surface area contributed by atoms with Crippen LogP contribution in [0.5, 0.6) is 11.5 Å². The largest absolute Gasteiger partial charge is 0.493 e. The van der Waals surface area contributed by atoms with Gasteiger partial charge in [-0.15, -0.1) is 0 Å². The minimum absolute atomic E-state index is 0.122. The zero-order valence-electron chi connectivity index (χ0n) is 16.0. The Morgan fingerprint density at radius 1 is 1.22 bits per heavy atom. The first-order valence-corrected chi connectivity index (χ1v) is 9.14. The summed E-state index contributed by atoms with van der Waals surface area (Å²) in [5.41, 5.74) is 3.55. The van der Waals surface area contributed by atoms with E-state index >= 15 is 0 Å². The van der Waals surface area contributed by atoms with Gasteiger partial charge in [0.05, 0.1) is 31.0 Å². The van der Waals surface area contributed by atoms with Gasteiger partial charge in [0.15, 0.2) is 11.5 Å². The van der Waals surface area contributed by atoms with Crippen LogP contribution in [0.2, 0.25) is 0 Å². The number of nitrogens with one attached hydrogen (secondary N) is 1. The summed E-state index contributed by atoms with van der Waals surface area (Å²) in [7, 11) is 1.63. The molecule has 0 fully saturated rings. The van der Waals surface area contributed by atoms with Crippen LogP contribution in [0.25, 0.3) is 5.52 Å². The predicted molar refractivity (Wildman–Crippen MR) is 105 cm³/mol. The van der Waals surface area contributed by atoms with Crippen LogP contribution in [-0.2, 0) is 6.42 Å². The van der Waals surface area contributed by atoms with Crippen LogP contribution in [-0.4, -0.2) is 35.8 Å². The number of rotatable bonds is 8. The van der Waals surface area contributed by atoms with Crippen LogP contribution < -0.4 is 14.8 Å². The molecule has 0 spiro atoms. The molecule has 2 heterocycles. The van der Waals surface area contributed by atoms with Gasteiger partial charge in [0.1, 0.15) is 0 Å². The third-order valence-corrected chi connectivity index (χ3v) is 4.30. The lowest BCUT2D eigenvalue weighted by Gasteiger charge is -2.12. The van der Waals surface area contributed by atoms with Gasteiger partial charge in [0, 0.05) is 12.7 Å². The van der Waals surface area contributed by atoms with Crippen molar-refractivity contribution in [1.29, 1.82) is 0 Å². The lowest BCUT2D eigenvalue weighted by Crippen LogP contribution is -2.25. The molecule has 1 aromatic carbocycles. The average molecular weight is 367 g/mol. The fourth-order valence-electron chi connectivity index (χ4n) is 2.88. The highest BCUT2D eigenvalue weighted by atomic mass is 16.5. The van der Waals surface area contributed by atoms with Crippen LogP contribution >= 0.6 is 0 Å². The molecule has 3 rings (SSSR count). The van der Waals surface area contributed by atoms with Gasteiger partial charge in [-0.3, -0.25) is 4.79 Å². The molecule has 1 N–H and O–H groups in total. The number of ether oxygens (including phenoxy) is 2. The molecule has 0 unspecified atom stereocenters. The summed E-state index contributed by atoms with van der Waals surface area (Å²) in [4.78, 5) is 12.5. The van der Waals surface area contributed by atoms with Gasteiger partial charge in [-0.05, 0) is 49.1 Å². The summed E-state index contributed by atoms with van der Waals surface area (Å²) in [6, 6.07) is 9.76. The molecule has 0 aliphatic carbocycles. The molecule has 0 saturated heterocycles. The Morgan fingerprint density at radius 3 is 2.85 bits per heavy atom. The molecule has 142 valence electrons. The Balaban J connectivity index is 1.61. The number of fused-ring (bicyclic) bond motifs is 1. The highest BCUT2D eigenvalue weighted by molar-refractivity contribution is 6.00. The molecule has 0 aliphatic heterocycles. The first kappa shape index (κ1) is 18.8. The molecular weight excluding hydrogens is 342 g/mol. The van der Waals surface area contributed by atoms with Gasteiger partial charge >= 0.3 is 0 Å². The van der Waals surface area contributed by atoms with Crippen molar-refractivity contribution in [2.75, 3.05) is 20.3 Å². The lowest BCUT2D eigenvalue weighted by atomic mass is 10.1. The smallest absolute Gasteiger partial charge is 0.255 e. The Morgan fingerprint density at radius 2 is 2.07 bits per heavy atom. The molecule has 6 nitrogen and oxygen atoms in total. The maximum atomic E-state index is 12.5. The molecule has 27 heavy (non-hydrogen) atoms. The minimum atomic E-state index is -0.122. The second-order valence-corrected chi connectivity index (χ2v) is 6.43. The van der Waals surface area contributed by atoms with Crippen LogP contribution in [0.15, 0.2) is 42.7 Å². The van der Waals surface area contributed by atoms with Crippen LogP contribution in [0.1, 0.15) is 34.8 Å². The zero-order chi connectivity index (χ0) is 19.2. The Hall–Kier alpha value is -3.02. The number of amides is 1. The molecule has 3 aromatic rings. The molecule has 6 heteroatoms. The third kappa shape index (κ3) is 4.39. The SMILES string of the molecule is CCCOc1ccc(CCNC(=O)c2cnn3cc(C)ccc23)cc1OC. The van der Waals surface area contributed by atoms with Crippen molar-refractivity contribution >= 4 is 11.4 Å². The normalized spacial score (nSPS) is 10.8. The van der Waals surface area contributed by atoms with Gasteiger partial charge in [-0.2, -0.15) is 5.10 Å². The molecule has 0 atom stereocenters. The van der Waals surface area contributed by atoms with E-state index in [4.69, 9.17) is 9.47 Å². The van der Waals surface area contributed by atoms with Crippen molar-refractivity contribution in [3.63, 3.8) is 0 Å². The van der Waals surface area contributed by atoms with Crippen molar-refractivity contribution < 1.29 is 14.3 Å². The zero-order valence-corrected chi connectivity index (χ0v) is 16.0. The maximum absolute atomic E-state index is 12.5. The fourth-order valence-corrected chi connectivity index (χ4v) is 2.88. The number of aryl methyl sites for hydroxylation is 1. The number of hydrogen-bond donors (Lipinski definition) is 1. The molecule has 0 saturated carbocycles. The molecule has 0 aliphatic rings. The predicted octanol–water partition coefficient (Wildman–Crippen LogP) is 3.41. The summed E-state index contributed by atoms with van der Waals surface area (Å²) in [5.74, 6) is 1.34. The van der Waals surface area contributed by atoms with E-state index in [-0.39, 0.29) is 5.91 Å². The van der Waals surface area contributed by atoms with Crippen LogP contribution in [0.4, 0.5) is 0 Å². The van der Waals surface area contributed by atoms with Crippen molar-refractivity contribution in [1.82, 2.24) is 14.9 Å². The van der Waals surface area contributed by atoms with E-state index in [0.29, 0.717) is 30.9 Å². The Kier molecular flexibility index (Phi) is 5.96. The standard InChI is InChI=1S/C21H25N3O3/c1-4-11-27-19-8-6-16(12-20(19)26-3)9-10-22-21(25)17-13-23-24-14-15(2)5-7-18(17)24/h5-8,12-14H,4,9-11H2,1-3H3,(H,22,25). The summed E-state index contributed by atoms with van der Waals surface area (Å²) >= 11 is 0. The maximum Gasteiger partial charge on any atom is 0.255 e.